The number of ether oxygens (including phenoxy) is 1. The van der Waals surface area contributed by atoms with Crippen LogP contribution in [-0.4, -0.2) is 44.0 Å². The second-order valence-electron chi connectivity index (χ2n) is 5.80. The topological polar surface area (TPSA) is 110 Å². The van der Waals surface area contributed by atoms with Gasteiger partial charge in [0.1, 0.15) is 0 Å². The average molecular weight is 382 g/mol. The van der Waals surface area contributed by atoms with Crippen molar-refractivity contribution in [3.8, 4) is 0 Å². The van der Waals surface area contributed by atoms with Crippen LogP contribution >= 0.6 is 11.3 Å². The largest absolute Gasteiger partial charge is 0.381 e. The molecular weight excluding hydrogens is 364 g/mol. The van der Waals surface area contributed by atoms with Gasteiger partial charge in [-0.2, -0.15) is 0 Å². The number of amides is 1. The van der Waals surface area contributed by atoms with Crippen LogP contribution in [0.5, 0.6) is 0 Å². The molecule has 1 amide bonds. The van der Waals surface area contributed by atoms with Gasteiger partial charge in [-0.25, -0.2) is 8.42 Å². The second kappa shape index (κ2) is 7.06. The average Bonchev–Trinajstić information content (AvgIpc) is 3.01. The number of nitrogens with one attached hydrogen (secondary N) is 2. The highest BCUT2D eigenvalue weighted by Gasteiger charge is 2.42. The molecule has 134 valence electrons. The summed E-state index contributed by atoms with van der Waals surface area (Å²) >= 11 is 0.970. The van der Waals surface area contributed by atoms with E-state index in [2.05, 4.69) is 20.2 Å². The number of anilines is 2. The van der Waals surface area contributed by atoms with E-state index in [9.17, 15) is 13.2 Å². The van der Waals surface area contributed by atoms with Gasteiger partial charge in [0.15, 0.2) is 0 Å². The molecule has 2 N–H and O–H groups in total. The summed E-state index contributed by atoms with van der Waals surface area (Å²) in [4.78, 5) is 13.0. The maximum absolute atomic E-state index is 13.0. The second-order valence-corrected chi connectivity index (χ2v) is 8.53. The summed E-state index contributed by atoms with van der Waals surface area (Å²) in [5.74, 6) is -0.191. The van der Waals surface area contributed by atoms with Gasteiger partial charge in [0.25, 0.3) is 0 Å². The van der Waals surface area contributed by atoms with Crippen molar-refractivity contribution in [1.82, 2.24) is 10.2 Å². The van der Waals surface area contributed by atoms with E-state index < -0.39 is 15.4 Å². The molecular formula is C15H18N4O4S2. The van der Waals surface area contributed by atoms with E-state index in [0.29, 0.717) is 26.1 Å². The van der Waals surface area contributed by atoms with Gasteiger partial charge in [-0.15, -0.1) is 10.2 Å². The Morgan fingerprint density at radius 1 is 1.16 bits per heavy atom. The molecule has 0 atom stereocenters. The number of sulfonamides is 1. The van der Waals surface area contributed by atoms with Gasteiger partial charge in [-0.05, 0) is 18.4 Å². The lowest BCUT2D eigenvalue weighted by atomic mass is 9.73. The number of nitrogens with zero attached hydrogens (tertiary/aromatic N) is 2. The van der Waals surface area contributed by atoms with Gasteiger partial charge >= 0.3 is 0 Å². The Morgan fingerprint density at radius 3 is 2.44 bits per heavy atom. The highest BCUT2D eigenvalue weighted by molar-refractivity contribution is 7.92. The molecule has 1 fully saturated rings. The maximum Gasteiger partial charge on any atom is 0.237 e. The normalized spacial score (nSPS) is 17.0. The predicted molar refractivity (Wildman–Crippen MR) is 95.2 cm³/mol. The van der Waals surface area contributed by atoms with Crippen molar-refractivity contribution in [2.24, 2.45) is 0 Å². The number of hydrogen-bond acceptors (Lipinski definition) is 7. The molecule has 1 aliphatic rings. The smallest absolute Gasteiger partial charge is 0.237 e. The highest BCUT2D eigenvalue weighted by atomic mass is 32.2. The molecule has 0 aliphatic carbocycles. The zero-order valence-corrected chi connectivity index (χ0v) is 15.2. The van der Waals surface area contributed by atoms with Crippen molar-refractivity contribution in [3.05, 3.63) is 35.9 Å². The monoisotopic (exact) mass is 382 g/mol. The SMILES string of the molecule is CS(=O)(=O)Nc1nnc(NC(=O)C2(c3ccccc3)CCOCC2)s1. The van der Waals surface area contributed by atoms with Crippen LogP contribution in [0.15, 0.2) is 30.3 Å². The van der Waals surface area contributed by atoms with Crippen molar-refractivity contribution in [2.45, 2.75) is 18.3 Å². The number of hydrogen-bond donors (Lipinski definition) is 2. The fourth-order valence-electron chi connectivity index (χ4n) is 2.81. The highest BCUT2D eigenvalue weighted by Crippen LogP contribution is 2.36. The van der Waals surface area contributed by atoms with Crippen LogP contribution in [0, 0.1) is 0 Å². The van der Waals surface area contributed by atoms with Crippen LogP contribution in [0.1, 0.15) is 18.4 Å². The van der Waals surface area contributed by atoms with Gasteiger partial charge in [0, 0.05) is 13.2 Å². The Bertz CT molecular complexity index is 845. The molecule has 2 aromatic rings. The molecule has 8 nitrogen and oxygen atoms in total. The van der Waals surface area contributed by atoms with Crippen LogP contribution in [0.2, 0.25) is 0 Å². The Labute approximate surface area is 149 Å². The van der Waals surface area contributed by atoms with Gasteiger partial charge in [0.2, 0.25) is 26.2 Å². The van der Waals surface area contributed by atoms with Gasteiger partial charge in [-0.3, -0.25) is 14.8 Å². The van der Waals surface area contributed by atoms with Crippen LogP contribution in [0.25, 0.3) is 0 Å². The van der Waals surface area contributed by atoms with Crippen molar-refractivity contribution in [3.63, 3.8) is 0 Å². The lowest BCUT2D eigenvalue weighted by Gasteiger charge is -2.35. The van der Waals surface area contributed by atoms with E-state index in [1.807, 2.05) is 30.3 Å². The first-order valence-electron chi connectivity index (χ1n) is 7.65. The van der Waals surface area contributed by atoms with Crippen LogP contribution < -0.4 is 10.0 Å². The van der Waals surface area contributed by atoms with E-state index in [-0.39, 0.29) is 16.2 Å². The van der Waals surface area contributed by atoms with Crippen LogP contribution in [-0.2, 0) is 25.0 Å². The first-order chi connectivity index (χ1) is 11.9. The van der Waals surface area contributed by atoms with Gasteiger partial charge in [-0.1, -0.05) is 41.7 Å². The summed E-state index contributed by atoms with van der Waals surface area (Å²) in [6, 6.07) is 9.57. The lowest BCUT2D eigenvalue weighted by Crippen LogP contribution is -2.44. The first-order valence-corrected chi connectivity index (χ1v) is 10.4. The molecule has 25 heavy (non-hydrogen) atoms. The number of rotatable bonds is 5. The third kappa shape index (κ3) is 4.14. The summed E-state index contributed by atoms with van der Waals surface area (Å²) in [5, 5.41) is 10.7. The van der Waals surface area contributed by atoms with E-state index in [1.54, 1.807) is 0 Å². The molecule has 3 rings (SSSR count). The standard InChI is InChI=1S/C15H18N4O4S2/c1-25(21,22)19-14-18-17-13(24-14)16-12(20)15(7-9-23-10-8-15)11-5-3-2-4-6-11/h2-6H,7-10H2,1H3,(H,18,19)(H,16,17,20). The third-order valence-electron chi connectivity index (χ3n) is 4.03. The number of benzene rings is 1. The van der Waals surface area contributed by atoms with E-state index in [4.69, 9.17) is 4.74 Å². The molecule has 0 radical (unpaired) electrons. The molecule has 0 saturated carbocycles. The summed E-state index contributed by atoms with van der Waals surface area (Å²) in [5.41, 5.74) is 0.227. The fraction of sp³-hybridized carbons (Fsp3) is 0.400. The molecule has 1 aliphatic heterocycles. The Hall–Kier alpha value is -2.04. The minimum absolute atomic E-state index is 0.110. The summed E-state index contributed by atoms with van der Waals surface area (Å²) in [6.07, 6.45) is 2.16. The summed E-state index contributed by atoms with van der Waals surface area (Å²) in [6.45, 7) is 0.999. The third-order valence-corrected chi connectivity index (χ3v) is 5.47. The molecule has 2 heterocycles. The van der Waals surface area contributed by atoms with Crippen molar-refractivity contribution in [1.29, 1.82) is 0 Å². The van der Waals surface area contributed by atoms with E-state index in [0.717, 1.165) is 23.2 Å². The van der Waals surface area contributed by atoms with Crippen molar-refractivity contribution >= 4 is 37.5 Å². The Balaban J connectivity index is 1.82. The lowest BCUT2D eigenvalue weighted by molar-refractivity contribution is -0.125. The summed E-state index contributed by atoms with van der Waals surface area (Å²) in [7, 11) is -3.44. The van der Waals surface area contributed by atoms with Crippen LogP contribution in [0.3, 0.4) is 0 Å². The minimum atomic E-state index is -3.44. The molecule has 0 spiro atoms. The Kier molecular flexibility index (Phi) is 5.02. The molecule has 1 aromatic carbocycles. The fourth-order valence-corrected chi connectivity index (χ4v) is 4.28. The number of carbonyl (C=O) groups excluding carboxylic acids is 1. The number of aromatic nitrogens is 2. The van der Waals surface area contributed by atoms with Gasteiger partial charge in [0.05, 0.1) is 11.7 Å². The first kappa shape index (κ1) is 17.8. The van der Waals surface area contributed by atoms with E-state index >= 15 is 0 Å². The maximum atomic E-state index is 13.0. The molecule has 1 saturated heterocycles. The van der Waals surface area contributed by atoms with Gasteiger partial charge < -0.3 is 4.74 Å². The quantitative estimate of drug-likeness (QED) is 0.813. The van der Waals surface area contributed by atoms with Crippen molar-refractivity contribution < 1.29 is 17.9 Å². The summed E-state index contributed by atoms with van der Waals surface area (Å²) < 4.78 is 30.1. The molecule has 0 unspecified atom stereocenters. The minimum Gasteiger partial charge on any atom is -0.381 e. The van der Waals surface area contributed by atoms with Crippen LogP contribution in [0.4, 0.5) is 10.3 Å². The molecule has 1 aromatic heterocycles. The zero-order chi connectivity index (χ0) is 17.9. The predicted octanol–water partition coefficient (Wildman–Crippen LogP) is 1.60. The van der Waals surface area contributed by atoms with E-state index in [1.165, 1.54) is 0 Å². The molecule has 0 bridgehead atoms. The van der Waals surface area contributed by atoms with Crippen molar-refractivity contribution in [2.75, 3.05) is 29.5 Å². The molecule has 10 heteroatoms. The number of carbonyl (C=O) groups is 1. The zero-order valence-electron chi connectivity index (χ0n) is 13.6. The Morgan fingerprint density at radius 2 is 1.80 bits per heavy atom.